The van der Waals surface area contributed by atoms with Crippen molar-refractivity contribution in [3.63, 3.8) is 0 Å². The van der Waals surface area contributed by atoms with E-state index in [0.29, 0.717) is 5.56 Å². The van der Waals surface area contributed by atoms with Crippen molar-refractivity contribution in [1.82, 2.24) is 4.98 Å². The molecule has 0 radical (unpaired) electrons. The highest BCUT2D eigenvalue weighted by atomic mass is 79.9. The van der Waals surface area contributed by atoms with Gasteiger partial charge in [0.15, 0.2) is 0 Å². The van der Waals surface area contributed by atoms with Gasteiger partial charge >= 0.3 is 6.18 Å². The fourth-order valence-corrected chi connectivity index (χ4v) is 3.61. The number of benzene rings is 3. The number of pyridine rings is 1. The highest BCUT2D eigenvalue weighted by Crippen LogP contribution is 2.34. The Balaban J connectivity index is 1.85. The van der Waals surface area contributed by atoms with Crippen LogP contribution in [0.25, 0.3) is 33.6 Å². The fraction of sp³-hybridized carbons (Fsp3) is 0.0417. The van der Waals surface area contributed by atoms with Crippen LogP contribution in [-0.2, 0) is 6.18 Å². The molecule has 0 unspecified atom stereocenters. The first-order valence-corrected chi connectivity index (χ1v) is 10.6. The average Bonchev–Trinajstić information content (AvgIpc) is 2.74. The van der Waals surface area contributed by atoms with E-state index in [1.807, 2.05) is 60.7 Å². The van der Waals surface area contributed by atoms with Crippen molar-refractivity contribution in [2.75, 3.05) is 0 Å². The van der Waals surface area contributed by atoms with Gasteiger partial charge in [0.2, 0.25) is 0 Å². The van der Waals surface area contributed by atoms with Crippen molar-refractivity contribution in [1.29, 1.82) is 0 Å². The molecule has 1 nitrogen and oxygen atoms in total. The molecule has 0 aliphatic rings. The summed E-state index contributed by atoms with van der Waals surface area (Å²) in [5.74, 6) is 0. The van der Waals surface area contributed by atoms with Gasteiger partial charge in [-0.3, -0.25) is 0 Å². The van der Waals surface area contributed by atoms with Crippen LogP contribution in [0.4, 0.5) is 13.2 Å². The van der Waals surface area contributed by atoms with Crippen LogP contribution in [0.2, 0.25) is 0 Å². The summed E-state index contributed by atoms with van der Waals surface area (Å²) in [5, 5.41) is 0. The van der Waals surface area contributed by atoms with Crippen molar-refractivity contribution in [2.45, 2.75) is 6.18 Å². The van der Waals surface area contributed by atoms with E-state index >= 15 is 0 Å². The van der Waals surface area contributed by atoms with E-state index < -0.39 is 11.7 Å². The summed E-state index contributed by atoms with van der Waals surface area (Å²) < 4.78 is 40.7. The van der Waals surface area contributed by atoms with E-state index in [9.17, 15) is 13.2 Å². The average molecular weight is 533 g/mol. The third kappa shape index (κ3) is 4.65. The molecule has 0 aliphatic heterocycles. The molecule has 1 aromatic heterocycles. The third-order valence-corrected chi connectivity index (χ3v) is 5.71. The second-order valence-corrected chi connectivity index (χ2v) is 8.55. The second kappa shape index (κ2) is 8.36. The molecule has 30 heavy (non-hydrogen) atoms. The number of alkyl halides is 3. The molecular weight excluding hydrogens is 519 g/mol. The van der Waals surface area contributed by atoms with Gasteiger partial charge in [0.1, 0.15) is 0 Å². The van der Waals surface area contributed by atoms with Gasteiger partial charge in [-0.05, 0) is 59.7 Å². The van der Waals surface area contributed by atoms with Gasteiger partial charge in [-0.1, -0.05) is 68.3 Å². The molecule has 0 aliphatic carbocycles. The number of hydrogen-bond donors (Lipinski definition) is 0. The number of aromatic nitrogens is 1. The molecule has 0 bridgehead atoms. The molecule has 150 valence electrons. The minimum Gasteiger partial charge on any atom is -0.248 e. The molecule has 0 spiro atoms. The van der Waals surface area contributed by atoms with Gasteiger partial charge in [0.25, 0.3) is 0 Å². The minimum absolute atomic E-state index is 0.665. The number of hydrogen-bond acceptors (Lipinski definition) is 1. The Bertz CT molecular complexity index is 1100. The maximum Gasteiger partial charge on any atom is 0.416 e. The molecule has 1 heterocycles. The SMILES string of the molecule is FC(F)(F)c1ccc(-c2cc(-c3ccc(Br)cc3)nc(-c3ccc(Br)cc3)c2)cc1. The quantitative estimate of drug-likeness (QED) is 0.257. The lowest BCUT2D eigenvalue weighted by Crippen LogP contribution is -2.04. The first-order chi connectivity index (χ1) is 14.3. The smallest absolute Gasteiger partial charge is 0.248 e. The molecule has 3 aromatic carbocycles. The highest BCUT2D eigenvalue weighted by Gasteiger charge is 2.30. The maximum atomic E-state index is 12.9. The Morgan fingerprint density at radius 2 is 0.933 bits per heavy atom. The van der Waals surface area contributed by atoms with Crippen LogP contribution in [0.3, 0.4) is 0 Å². The standard InChI is InChI=1S/C24H14Br2F3N/c25-20-9-3-16(4-10-20)22-13-18(15-1-7-19(8-2-15)24(27,28)29)14-23(30-22)17-5-11-21(26)12-6-17/h1-14H. The molecule has 4 rings (SSSR count). The topological polar surface area (TPSA) is 12.9 Å². The summed E-state index contributed by atoms with van der Waals surface area (Å²) in [6.07, 6.45) is -4.36. The van der Waals surface area contributed by atoms with Crippen molar-refractivity contribution in [3.05, 3.63) is 99.4 Å². The Labute approximate surface area is 188 Å². The molecule has 0 fully saturated rings. The van der Waals surface area contributed by atoms with Crippen molar-refractivity contribution >= 4 is 31.9 Å². The summed E-state index contributed by atoms with van der Waals surface area (Å²) in [5.41, 5.74) is 4.17. The summed E-state index contributed by atoms with van der Waals surface area (Å²) in [6.45, 7) is 0. The molecule has 0 saturated carbocycles. The molecule has 0 atom stereocenters. The Kier molecular flexibility index (Phi) is 5.80. The summed E-state index contributed by atoms with van der Waals surface area (Å²) in [4.78, 5) is 4.80. The lowest BCUT2D eigenvalue weighted by molar-refractivity contribution is -0.137. The van der Waals surface area contributed by atoms with Gasteiger partial charge in [-0.25, -0.2) is 4.98 Å². The van der Waals surface area contributed by atoms with Gasteiger partial charge in [0.05, 0.1) is 17.0 Å². The number of nitrogens with zero attached hydrogens (tertiary/aromatic N) is 1. The van der Waals surface area contributed by atoms with Gasteiger partial charge < -0.3 is 0 Å². The first kappa shape index (κ1) is 20.8. The molecule has 0 saturated heterocycles. The summed E-state index contributed by atoms with van der Waals surface area (Å²) in [7, 11) is 0. The number of halogens is 5. The van der Waals surface area contributed by atoms with E-state index in [1.54, 1.807) is 0 Å². The predicted octanol–water partition coefficient (Wildman–Crippen LogP) is 8.63. The third-order valence-electron chi connectivity index (χ3n) is 4.65. The number of rotatable bonds is 3. The van der Waals surface area contributed by atoms with Crippen LogP contribution in [0.1, 0.15) is 5.56 Å². The predicted molar refractivity (Wildman–Crippen MR) is 121 cm³/mol. The molecule has 4 aromatic rings. The van der Waals surface area contributed by atoms with Crippen LogP contribution in [0.15, 0.2) is 93.9 Å². The van der Waals surface area contributed by atoms with E-state index in [-0.39, 0.29) is 0 Å². The van der Waals surface area contributed by atoms with Crippen LogP contribution >= 0.6 is 31.9 Å². The van der Waals surface area contributed by atoms with Crippen molar-refractivity contribution in [2.24, 2.45) is 0 Å². The van der Waals surface area contributed by atoms with E-state index in [1.165, 1.54) is 12.1 Å². The summed E-state index contributed by atoms with van der Waals surface area (Å²) in [6, 6.07) is 24.5. The van der Waals surface area contributed by atoms with Gasteiger partial charge in [0, 0.05) is 20.1 Å². The van der Waals surface area contributed by atoms with Crippen LogP contribution < -0.4 is 0 Å². The Hall–Kier alpha value is -2.44. The van der Waals surface area contributed by atoms with Crippen molar-refractivity contribution in [3.8, 4) is 33.6 Å². The van der Waals surface area contributed by atoms with Gasteiger partial charge in [-0.15, -0.1) is 0 Å². The second-order valence-electron chi connectivity index (χ2n) is 6.72. The van der Waals surface area contributed by atoms with Crippen molar-refractivity contribution < 1.29 is 13.2 Å². The maximum absolute atomic E-state index is 12.9. The molecule has 0 amide bonds. The first-order valence-electron chi connectivity index (χ1n) is 9.01. The molecule has 0 N–H and O–H groups in total. The zero-order valence-corrected chi connectivity index (χ0v) is 18.6. The van der Waals surface area contributed by atoms with E-state index in [0.717, 1.165) is 49.2 Å². The normalized spacial score (nSPS) is 11.5. The minimum atomic E-state index is -4.36. The molecule has 6 heteroatoms. The lowest BCUT2D eigenvalue weighted by Gasteiger charge is -2.12. The van der Waals surface area contributed by atoms with Gasteiger partial charge in [-0.2, -0.15) is 13.2 Å². The lowest BCUT2D eigenvalue weighted by atomic mass is 9.99. The zero-order chi connectivity index (χ0) is 21.3. The zero-order valence-electron chi connectivity index (χ0n) is 15.4. The molecular formula is C24H14Br2F3N. The van der Waals surface area contributed by atoms with Crippen LogP contribution in [0.5, 0.6) is 0 Å². The highest BCUT2D eigenvalue weighted by molar-refractivity contribution is 9.10. The Morgan fingerprint density at radius 1 is 0.533 bits per heavy atom. The monoisotopic (exact) mass is 531 g/mol. The van der Waals surface area contributed by atoms with Crippen LogP contribution in [0, 0.1) is 0 Å². The van der Waals surface area contributed by atoms with E-state index in [4.69, 9.17) is 4.98 Å². The summed E-state index contributed by atoms with van der Waals surface area (Å²) >= 11 is 6.87. The Morgan fingerprint density at radius 3 is 1.33 bits per heavy atom. The fourth-order valence-electron chi connectivity index (χ4n) is 3.09. The van der Waals surface area contributed by atoms with E-state index in [2.05, 4.69) is 31.9 Å². The van der Waals surface area contributed by atoms with Crippen LogP contribution in [-0.4, -0.2) is 4.98 Å². The largest absolute Gasteiger partial charge is 0.416 e.